The molecule has 0 spiro atoms. The van der Waals surface area contributed by atoms with Gasteiger partial charge in [0.2, 0.25) is 0 Å². The van der Waals surface area contributed by atoms with Gasteiger partial charge in [-0.15, -0.1) is 0 Å². The van der Waals surface area contributed by atoms with Crippen LogP contribution < -0.4 is 5.73 Å². The first kappa shape index (κ1) is 10.8. The van der Waals surface area contributed by atoms with E-state index in [1.54, 1.807) is 6.07 Å². The summed E-state index contributed by atoms with van der Waals surface area (Å²) in [5.74, 6) is 0. The van der Waals surface area contributed by atoms with E-state index in [4.69, 9.17) is 28.0 Å². The molecular weight excluding hydrogens is 233 g/mol. The maximum atomic E-state index is 11.0. The molecule has 0 saturated carbocycles. The summed E-state index contributed by atoms with van der Waals surface area (Å²) in [5.41, 5.74) is 5.69. The van der Waals surface area contributed by atoms with Crippen molar-refractivity contribution in [2.45, 2.75) is 11.4 Å². The molecule has 13 heavy (non-hydrogen) atoms. The maximum absolute atomic E-state index is 11.0. The molecule has 0 aromatic heterocycles. The lowest BCUT2D eigenvalue weighted by molar-refractivity contribution is 0.608. The third-order valence-electron chi connectivity index (χ3n) is 1.54. The van der Waals surface area contributed by atoms with Crippen LogP contribution in [0.15, 0.2) is 23.1 Å². The van der Waals surface area contributed by atoms with Crippen LogP contribution in [0.4, 0.5) is 0 Å². The van der Waals surface area contributed by atoms with Crippen molar-refractivity contribution >= 4 is 31.3 Å². The average Bonchev–Trinajstić information content (AvgIpc) is 2.02. The summed E-state index contributed by atoms with van der Waals surface area (Å²) in [6.45, 7) is 0.0426. The lowest BCUT2D eigenvalue weighted by atomic mass is 10.2. The number of hydrogen-bond acceptors (Lipinski definition) is 3. The second-order valence-corrected chi connectivity index (χ2v) is 5.30. The van der Waals surface area contributed by atoms with E-state index in [2.05, 4.69) is 0 Å². The smallest absolute Gasteiger partial charge is 0.261 e. The van der Waals surface area contributed by atoms with Crippen LogP contribution >= 0.6 is 22.3 Å². The molecule has 2 N–H and O–H groups in total. The van der Waals surface area contributed by atoms with E-state index >= 15 is 0 Å². The number of hydrogen-bond donors (Lipinski definition) is 1. The van der Waals surface area contributed by atoms with Crippen molar-refractivity contribution in [1.82, 2.24) is 0 Å². The van der Waals surface area contributed by atoms with Crippen LogP contribution in [0.5, 0.6) is 0 Å². The molecule has 0 radical (unpaired) electrons. The Kier molecular flexibility index (Phi) is 3.18. The van der Waals surface area contributed by atoms with Crippen molar-refractivity contribution < 1.29 is 8.42 Å². The maximum Gasteiger partial charge on any atom is 0.261 e. The van der Waals surface area contributed by atoms with E-state index in [-0.39, 0.29) is 11.4 Å². The minimum Gasteiger partial charge on any atom is -0.326 e. The lowest BCUT2D eigenvalue weighted by Gasteiger charge is -2.05. The van der Waals surface area contributed by atoms with Crippen LogP contribution in [0.3, 0.4) is 0 Å². The summed E-state index contributed by atoms with van der Waals surface area (Å²) in [6, 6.07) is 4.45. The van der Waals surface area contributed by atoms with Gasteiger partial charge in [0.25, 0.3) is 9.05 Å². The Morgan fingerprint density at radius 1 is 1.38 bits per heavy atom. The largest absolute Gasteiger partial charge is 0.326 e. The molecular formula is C7H7Cl2NO2S. The number of halogens is 2. The monoisotopic (exact) mass is 239 g/mol. The first-order chi connectivity index (χ1) is 5.96. The molecule has 0 heterocycles. The Labute approximate surface area is 85.9 Å². The first-order valence-corrected chi connectivity index (χ1v) is 6.07. The van der Waals surface area contributed by atoms with Gasteiger partial charge < -0.3 is 5.73 Å². The third kappa shape index (κ3) is 2.34. The van der Waals surface area contributed by atoms with Crippen LogP contribution in [0.1, 0.15) is 5.56 Å². The van der Waals surface area contributed by atoms with Gasteiger partial charge in [-0.1, -0.05) is 17.7 Å². The highest BCUT2D eigenvalue weighted by molar-refractivity contribution is 8.13. The molecule has 0 aliphatic rings. The van der Waals surface area contributed by atoms with Crippen molar-refractivity contribution in [1.29, 1.82) is 0 Å². The Morgan fingerprint density at radius 2 is 2.00 bits per heavy atom. The average molecular weight is 240 g/mol. The van der Waals surface area contributed by atoms with E-state index in [0.717, 1.165) is 0 Å². The number of nitrogens with two attached hydrogens (primary N) is 1. The van der Waals surface area contributed by atoms with Crippen molar-refractivity contribution in [3.05, 3.63) is 28.8 Å². The Balaban J connectivity index is 3.47. The van der Waals surface area contributed by atoms with Crippen LogP contribution in [-0.4, -0.2) is 8.42 Å². The van der Waals surface area contributed by atoms with Gasteiger partial charge in [0.15, 0.2) is 0 Å². The summed E-state index contributed by atoms with van der Waals surface area (Å²) < 4.78 is 22.0. The van der Waals surface area contributed by atoms with Crippen LogP contribution in [0.25, 0.3) is 0 Å². The van der Waals surface area contributed by atoms with E-state index in [9.17, 15) is 8.42 Å². The molecule has 6 heteroatoms. The van der Waals surface area contributed by atoms with E-state index in [0.29, 0.717) is 10.6 Å². The number of benzene rings is 1. The predicted molar refractivity (Wildman–Crippen MR) is 52.4 cm³/mol. The van der Waals surface area contributed by atoms with Gasteiger partial charge in [-0.2, -0.15) is 0 Å². The SMILES string of the molecule is NCc1c(Cl)cccc1S(=O)(=O)Cl. The topological polar surface area (TPSA) is 60.2 Å². The Hall–Kier alpha value is -0.290. The molecule has 0 unspecified atom stereocenters. The van der Waals surface area contributed by atoms with Crippen molar-refractivity contribution in [3.63, 3.8) is 0 Å². The standard InChI is InChI=1S/C7H7Cl2NO2S/c8-6-2-1-3-7(5(6)4-10)13(9,11)12/h1-3H,4,10H2. The molecule has 1 aromatic rings. The fraction of sp³-hybridized carbons (Fsp3) is 0.143. The molecule has 1 aromatic carbocycles. The molecule has 0 saturated heterocycles. The highest BCUT2D eigenvalue weighted by Crippen LogP contribution is 2.25. The van der Waals surface area contributed by atoms with Gasteiger partial charge in [-0.05, 0) is 12.1 Å². The molecule has 3 nitrogen and oxygen atoms in total. The van der Waals surface area contributed by atoms with E-state index in [1.165, 1.54) is 12.1 Å². The molecule has 0 aliphatic carbocycles. The zero-order chi connectivity index (χ0) is 10.1. The third-order valence-corrected chi connectivity index (χ3v) is 3.30. The van der Waals surface area contributed by atoms with Crippen LogP contribution in [0.2, 0.25) is 5.02 Å². The second-order valence-electron chi connectivity index (χ2n) is 2.36. The minimum absolute atomic E-state index is 0.0239. The molecule has 72 valence electrons. The molecule has 0 atom stereocenters. The normalized spacial score (nSPS) is 11.6. The molecule has 0 fully saturated rings. The van der Waals surface area contributed by atoms with Gasteiger partial charge in [-0.3, -0.25) is 0 Å². The van der Waals surface area contributed by atoms with Gasteiger partial charge in [0, 0.05) is 27.8 Å². The van der Waals surface area contributed by atoms with Gasteiger partial charge in [-0.25, -0.2) is 8.42 Å². The Bertz CT molecular complexity index is 417. The zero-order valence-corrected chi connectivity index (χ0v) is 8.83. The lowest BCUT2D eigenvalue weighted by Crippen LogP contribution is -2.04. The van der Waals surface area contributed by atoms with Crippen LogP contribution in [-0.2, 0) is 15.6 Å². The van der Waals surface area contributed by atoms with Gasteiger partial charge in [0.05, 0.1) is 4.90 Å². The van der Waals surface area contributed by atoms with E-state index in [1.807, 2.05) is 0 Å². The second kappa shape index (κ2) is 3.84. The van der Waals surface area contributed by atoms with Crippen molar-refractivity contribution in [2.24, 2.45) is 5.73 Å². The summed E-state index contributed by atoms with van der Waals surface area (Å²) in [5, 5.41) is 0.309. The number of rotatable bonds is 2. The summed E-state index contributed by atoms with van der Waals surface area (Å²) in [6.07, 6.45) is 0. The minimum atomic E-state index is -3.76. The molecule has 0 aliphatic heterocycles. The Morgan fingerprint density at radius 3 is 2.38 bits per heavy atom. The van der Waals surface area contributed by atoms with Crippen molar-refractivity contribution in [3.8, 4) is 0 Å². The summed E-state index contributed by atoms with van der Waals surface area (Å²) in [7, 11) is 1.41. The summed E-state index contributed by atoms with van der Waals surface area (Å²) in [4.78, 5) is -0.0239. The first-order valence-electron chi connectivity index (χ1n) is 3.39. The quantitative estimate of drug-likeness (QED) is 0.800. The predicted octanol–water partition coefficient (Wildman–Crippen LogP) is 1.73. The molecule has 0 bridgehead atoms. The van der Waals surface area contributed by atoms with E-state index < -0.39 is 9.05 Å². The highest BCUT2D eigenvalue weighted by Gasteiger charge is 2.16. The van der Waals surface area contributed by atoms with Crippen LogP contribution in [0, 0.1) is 0 Å². The highest BCUT2D eigenvalue weighted by atomic mass is 35.7. The van der Waals surface area contributed by atoms with Crippen molar-refractivity contribution in [2.75, 3.05) is 0 Å². The fourth-order valence-electron chi connectivity index (χ4n) is 0.965. The van der Waals surface area contributed by atoms with Gasteiger partial charge in [0.1, 0.15) is 0 Å². The molecule has 0 amide bonds. The van der Waals surface area contributed by atoms with Gasteiger partial charge >= 0.3 is 0 Å². The molecule has 1 rings (SSSR count). The zero-order valence-electron chi connectivity index (χ0n) is 6.50. The fourth-order valence-corrected chi connectivity index (χ4v) is 2.44. The summed E-state index contributed by atoms with van der Waals surface area (Å²) >= 11 is 5.73.